The third kappa shape index (κ3) is 3.70. The molecule has 1 aliphatic heterocycles. The Labute approximate surface area is 143 Å². The van der Waals surface area contributed by atoms with E-state index in [0.717, 1.165) is 12.2 Å². The normalized spacial score (nSPS) is 18.5. The van der Waals surface area contributed by atoms with Gasteiger partial charge in [0.05, 0.1) is 7.11 Å². The van der Waals surface area contributed by atoms with Crippen molar-refractivity contribution in [1.29, 1.82) is 0 Å². The van der Waals surface area contributed by atoms with E-state index in [9.17, 15) is 9.18 Å². The second-order valence-electron chi connectivity index (χ2n) is 5.31. The summed E-state index contributed by atoms with van der Waals surface area (Å²) in [6.45, 7) is 1.39. The number of carbonyl (C=O) groups is 1. The van der Waals surface area contributed by atoms with Gasteiger partial charge in [0.15, 0.2) is 11.6 Å². The molecule has 1 aromatic heterocycles. The van der Waals surface area contributed by atoms with Crippen molar-refractivity contribution >= 4 is 29.0 Å². The van der Waals surface area contributed by atoms with Gasteiger partial charge in [-0.15, -0.1) is 11.3 Å². The zero-order valence-corrected chi connectivity index (χ0v) is 14.5. The second-order valence-corrected chi connectivity index (χ2v) is 7.59. The van der Waals surface area contributed by atoms with E-state index in [1.165, 1.54) is 24.1 Å². The summed E-state index contributed by atoms with van der Waals surface area (Å²) in [6.07, 6.45) is 0.926. The summed E-state index contributed by atoms with van der Waals surface area (Å²) in [7, 11) is 1.41. The van der Waals surface area contributed by atoms with E-state index in [0.29, 0.717) is 23.9 Å². The van der Waals surface area contributed by atoms with E-state index in [1.54, 1.807) is 17.4 Å². The highest BCUT2D eigenvalue weighted by atomic mass is 32.2. The van der Waals surface area contributed by atoms with Crippen LogP contribution in [0.5, 0.6) is 5.75 Å². The number of thiophene rings is 1. The van der Waals surface area contributed by atoms with E-state index in [-0.39, 0.29) is 11.7 Å². The molecule has 0 radical (unpaired) electrons. The molecule has 0 N–H and O–H groups in total. The lowest BCUT2D eigenvalue weighted by molar-refractivity contribution is 0.0766. The fourth-order valence-electron chi connectivity index (χ4n) is 2.66. The van der Waals surface area contributed by atoms with Crippen LogP contribution in [-0.2, 0) is 0 Å². The summed E-state index contributed by atoms with van der Waals surface area (Å²) < 4.78 is 18.7. The molecule has 23 heavy (non-hydrogen) atoms. The van der Waals surface area contributed by atoms with Gasteiger partial charge in [0.1, 0.15) is 0 Å². The fraction of sp³-hybridized carbons (Fsp3) is 0.353. The van der Waals surface area contributed by atoms with Gasteiger partial charge in [-0.3, -0.25) is 4.79 Å². The standard InChI is InChI=1S/C17H18FNO2S2/c1-21-14-5-4-12(11-13(14)18)17(20)19-7-6-16(23-10-8-19)15-3-2-9-22-15/h2-5,9,11,16H,6-8,10H2,1H3. The molecule has 3 rings (SSSR count). The van der Waals surface area contributed by atoms with Crippen molar-refractivity contribution in [2.75, 3.05) is 26.0 Å². The fourth-order valence-corrected chi connectivity index (χ4v) is 4.89. The van der Waals surface area contributed by atoms with Crippen molar-refractivity contribution < 1.29 is 13.9 Å². The summed E-state index contributed by atoms with van der Waals surface area (Å²) in [6, 6.07) is 8.60. The Kier molecular flexibility index (Phi) is 5.23. The Morgan fingerprint density at radius 1 is 1.35 bits per heavy atom. The van der Waals surface area contributed by atoms with E-state index in [2.05, 4.69) is 17.5 Å². The summed E-state index contributed by atoms with van der Waals surface area (Å²) >= 11 is 3.65. The van der Waals surface area contributed by atoms with Crippen molar-refractivity contribution in [3.8, 4) is 5.75 Å². The smallest absolute Gasteiger partial charge is 0.253 e. The third-order valence-corrected chi connectivity index (χ3v) is 6.33. The van der Waals surface area contributed by atoms with E-state index in [1.807, 2.05) is 16.7 Å². The molecule has 0 saturated carbocycles. The molecule has 1 amide bonds. The van der Waals surface area contributed by atoms with Crippen molar-refractivity contribution in [3.63, 3.8) is 0 Å². The van der Waals surface area contributed by atoms with Gasteiger partial charge in [0.2, 0.25) is 0 Å². The van der Waals surface area contributed by atoms with Crippen molar-refractivity contribution in [2.24, 2.45) is 0 Å². The van der Waals surface area contributed by atoms with Crippen LogP contribution in [0.25, 0.3) is 0 Å². The van der Waals surface area contributed by atoms with Gasteiger partial charge >= 0.3 is 0 Å². The maximum absolute atomic E-state index is 13.8. The zero-order valence-electron chi connectivity index (χ0n) is 12.8. The van der Waals surface area contributed by atoms with Gasteiger partial charge in [-0.2, -0.15) is 11.8 Å². The van der Waals surface area contributed by atoms with Crippen molar-refractivity contribution in [1.82, 2.24) is 4.90 Å². The largest absolute Gasteiger partial charge is 0.494 e. The first kappa shape index (κ1) is 16.3. The molecule has 0 aliphatic carbocycles. The molecule has 1 fully saturated rings. The van der Waals surface area contributed by atoms with Gasteiger partial charge in [-0.1, -0.05) is 6.07 Å². The average molecular weight is 351 g/mol. The first-order valence-electron chi connectivity index (χ1n) is 7.47. The van der Waals surface area contributed by atoms with Gasteiger partial charge in [-0.25, -0.2) is 4.39 Å². The van der Waals surface area contributed by atoms with Crippen LogP contribution in [0.4, 0.5) is 4.39 Å². The first-order chi connectivity index (χ1) is 11.2. The lowest BCUT2D eigenvalue weighted by atomic mass is 10.1. The number of hydrogen-bond acceptors (Lipinski definition) is 4. The Morgan fingerprint density at radius 2 is 2.22 bits per heavy atom. The maximum atomic E-state index is 13.8. The van der Waals surface area contributed by atoms with E-state index in [4.69, 9.17) is 4.74 Å². The molecule has 122 valence electrons. The van der Waals surface area contributed by atoms with Crippen LogP contribution in [0.1, 0.15) is 26.9 Å². The Morgan fingerprint density at radius 3 is 2.91 bits per heavy atom. The molecule has 6 heteroatoms. The van der Waals surface area contributed by atoms with Crippen LogP contribution in [0.2, 0.25) is 0 Å². The topological polar surface area (TPSA) is 29.5 Å². The SMILES string of the molecule is COc1ccc(C(=O)N2CCSC(c3cccs3)CC2)cc1F. The number of benzene rings is 1. The third-order valence-electron chi connectivity index (χ3n) is 3.89. The average Bonchev–Trinajstić information content (AvgIpc) is 2.99. The van der Waals surface area contributed by atoms with Gasteiger partial charge < -0.3 is 9.64 Å². The van der Waals surface area contributed by atoms with Gasteiger partial charge in [0, 0.05) is 34.5 Å². The molecule has 1 aliphatic rings. The van der Waals surface area contributed by atoms with Crippen LogP contribution in [0, 0.1) is 5.82 Å². The van der Waals surface area contributed by atoms with Crippen molar-refractivity contribution in [3.05, 3.63) is 52.0 Å². The molecule has 0 bridgehead atoms. The zero-order chi connectivity index (χ0) is 16.2. The summed E-state index contributed by atoms with van der Waals surface area (Å²) in [5.41, 5.74) is 0.378. The number of halogens is 1. The van der Waals surface area contributed by atoms with Crippen LogP contribution in [0.15, 0.2) is 35.7 Å². The molecule has 1 unspecified atom stereocenters. The predicted molar refractivity (Wildman–Crippen MR) is 93.0 cm³/mol. The minimum Gasteiger partial charge on any atom is -0.494 e. The summed E-state index contributed by atoms with van der Waals surface area (Å²) in [4.78, 5) is 15.8. The maximum Gasteiger partial charge on any atom is 0.253 e. The molecule has 2 aromatic rings. The molecule has 1 aromatic carbocycles. The monoisotopic (exact) mass is 351 g/mol. The molecule has 3 nitrogen and oxygen atoms in total. The highest BCUT2D eigenvalue weighted by Crippen LogP contribution is 2.37. The number of hydrogen-bond donors (Lipinski definition) is 0. The molecule has 1 atom stereocenters. The summed E-state index contributed by atoms with van der Waals surface area (Å²) in [5, 5.41) is 2.53. The number of nitrogens with zero attached hydrogens (tertiary/aromatic N) is 1. The Bertz CT molecular complexity index is 675. The number of carbonyl (C=O) groups excluding carboxylic acids is 1. The van der Waals surface area contributed by atoms with Crippen LogP contribution in [-0.4, -0.2) is 36.8 Å². The molecule has 0 spiro atoms. The number of thioether (sulfide) groups is 1. The second kappa shape index (κ2) is 7.36. The highest BCUT2D eigenvalue weighted by molar-refractivity contribution is 7.99. The Balaban J connectivity index is 1.69. The Hall–Kier alpha value is -1.53. The molecular formula is C17H18FNO2S2. The first-order valence-corrected chi connectivity index (χ1v) is 9.39. The van der Waals surface area contributed by atoms with Gasteiger partial charge in [-0.05, 0) is 36.1 Å². The van der Waals surface area contributed by atoms with E-state index >= 15 is 0 Å². The van der Waals surface area contributed by atoms with Crippen molar-refractivity contribution in [2.45, 2.75) is 11.7 Å². The van der Waals surface area contributed by atoms with Crippen LogP contribution < -0.4 is 4.74 Å². The number of rotatable bonds is 3. The van der Waals surface area contributed by atoms with E-state index < -0.39 is 5.82 Å². The molecular weight excluding hydrogens is 333 g/mol. The van der Waals surface area contributed by atoms with Crippen LogP contribution >= 0.6 is 23.1 Å². The summed E-state index contributed by atoms with van der Waals surface area (Å²) in [5.74, 6) is 0.441. The molecule has 2 heterocycles. The minimum absolute atomic E-state index is 0.112. The predicted octanol–water partition coefficient (Wildman–Crippen LogP) is 4.22. The lowest BCUT2D eigenvalue weighted by Gasteiger charge is -2.20. The highest BCUT2D eigenvalue weighted by Gasteiger charge is 2.23. The number of amides is 1. The van der Waals surface area contributed by atoms with Crippen LogP contribution in [0.3, 0.4) is 0 Å². The number of methoxy groups -OCH3 is 1. The minimum atomic E-state index is -0.501. The quantitative estimate of drug-likeness (QED) is 0.829. The van der Waals surface area contributed by atoms with Gasteiger partial charge in [0.25, 0.3) is 5.91 Å². The molecule has 1 saturated heterocycles. The number of ether oxygens (including phenoxy) is 1. The lowest BCUT2D eigenvalue weighted by Crippen LogP contribution is -2.33.